The number of carbonyl (C=O) groups is 1. The quantitative estimate of drug-likeness (QED) is 0.584. The number of hydrogen-bond acceptors (Lipinski definition) is 4. The third-order valence-electron chi connectivity index (χ3n) is 4.61. The van der Waals surface area contributed by atoms with Gasteiger partial charge in [0.25, 0.3) is 0 Å². The number of hydrogen-bond donors (Lipinski definition) is 0. The smallest absolute Gasteiger partial charge is 0.184 e. The summed E-state index contributed by atoms with van der Waals surface area (Å²) in [5.41, 5.74) is 0.262. The average molecular weight is 279 g/mol. The minimum absolute atomic E-state index is 0.0132. The molecule has 110 valence electrons. The van der Waals surface area contributed by atoms with Crippen LogP contribution in [-0.2, 0) is 19.0 Å². The maximum Gasteiger partial charge on any atom is 0.184 e. The number of epoxide rings is 2. The normalized spacial score (nSPS) is 46.8. The van der Waals surface area contributed by atoms with Crippen LogP contribution in [0.25, 0.3) is 0 Å². The van der Waals surface area contributed by atoms with Crippen LogP contribution >= 0.6 is 0 Å². The van der Waals surface area contributed by atoms with Crippen molar-refractivity contribution in [3.05, 3.63) is 23.8 Å². The van der Waals surface area contributed by atoms with E-state index >= 15 is 0 Å². The summed E-state index contributed by atoms with van der Waals surface area (Å²) in [6.07, 6.45) is 4.03. The van der Waals surface area contributed by atoms with Crippen molar-refractivity contribution < 1.29 is 20.4 Å². The average Bonchev–Trinajstić information content (AvgIpc) is 3.31. The maximum absolute atomic E-state index is 12.2. The first-order valence-electron chi connectivity index (χ1n) is 7.55. The molecule has 0 bridgehead atoms. The molecule has 0 aromatic heterocycles. The SMILES string of the molecule is [2H]C1=C[C@]2(CO2)[C@@H]([C@@]2(C)O[C@@H]2CC=C(C)C)[C@H](OC)C1=O. The van der Waals surface area contributed by atoms with Gasteiger partial charge in [-0.2, -0.15) is 0 Å². The Morgan fingerprint density at radius 2 is 2.35 bits per heavy atom. The van der Waals surface area contributed by atoms with Crippen molar-refractivity contribution in [2.45, 2.75) is 50.6 Å². The van der Waals surface area contributed by atoms with E-state index in [2.05, 4.69) is 19.9 Å². The summed E-state index contributed by atoms with van der Waals surface area (Å²) < 4.78 is 24.8. The fourth-order valence-electron chi connectivity index (χ4n) is 3.32. The number of ketones is 1. The van der Waals surface area contributed by atoms with Crippen molar-refractivity contribution >= 4 is 5.78 Å². The van der Waals surface area contributed by atoms with Gasteiger partial charge in [0.15, 0.2) is 5.78 Å². The van der Waals surface area contributed by atoms with E-state index < -0.39 is 17.3 Å². The first-order chi connectivity index (χ1) is 9.84. The van der Waals surface area contributed by atoms with Gasteiger partial charge in [0, 0.05) is 7.11 Å². The largest absolute Gasteiger partial charge is 0.373 e. The summed E-state index contributed by atoms with van der Waals surface area (Å²) in [6.45, 7) is 6.67. The molecular weight excluding hydrogens is 256 g/mol. The van der Waals surface area contributed by atoms with Crippen LogP contribution in [0.1, 0.15) is 28.6 Å². The van der Waals surface area contributed by atoms with E-state index in [1.165, 1.54) is 12.7 Å². The number of allylic oxidation sites excluding steroid dienone is 1. The lowest BCUT2D eigenvalue weighted by Gasteiger charge is -2.34. The topological polar surface area (TPSA) is 51.4 Å². The monoisotopic (exact) mass is 279 g/mol. The fraction of sp³-hybridized carbons (Fsp3) is 0.688. The molecule has 20 heavy (non-hydrogen) atoms. The van der Waals surface area contributed by atoms with E-state index in [9.17, 15) is 4.79 Å². The molecule has 2 aliphatic heterocycles. The van der Waals surface area contributed by atoms with Crippen molar-refractivity contribution in [2.24, 2.45) is 5.92 Å². The van der Waals surface area contributed by atoms with E-state index in [1.54, 1.807) is 6.08 Å². The lowest BCUT2D eigenvalue weighted by Crippen LogP contribution is -2.50. The molecule has 5 atom stereocenters. The zero-order chi connectivity index (χ0) is 15.4. The summed E-state index contributed by atoms with van der Waals surface area (Å²) in [5, 5.41) is 0. The van der Waals surface area contributed by atoms with E-state index in [-0.39, 0.29) is 23.9 Å². The van der Waals surface area contributed by atoms with Crippen LogP contribution in [-0.4, -0.2) is 42.9 Å². The van der Waals surface area contributed by atoms with E-state index in [1.807, 2.05) is 6.92 Å². The van der Waals surface area contributed by atoms with Gasteiger partial charge in [-0.25, -0.2) is 0 Å². The summed E-state index contributed by atoms with van der Waals surface area (Å²) in [5.74, 6) is -0.464. The molecule has 2 fully saturated rings. The molecule has 4 heteroatoms. The highest BCUT2D eigenvalue weighted by atomic mass is 16.6. The summed E-state index contributed by atoms with van der Waals surface area (Å²) >= 11 is 0. The predicted molar refractivity (Wildman–Crippen MR) is 74.4 cm³/mol. The highest BCUT2D eigenvalue weighted by Gasteiger charge is 2.70. The summed E-state index contributed by atoms with van der Waals surface area (Å²) in [6, 6.07) is -0.0132. The Bertz CT molecular complexity index is 530. The minimum Gasteiger partial charge on any atom is -0.373 e. The lowest BCUT2D eigenvalue weighted by atomic mass is 9.72. The Morgan fingerprint density at radius 3 is 2.90 bits per heavy atom. The maximum atomic E-state index is 12.2. The molecule has 1 spiro atoms. The third kappa shape index (κ3) is 2.07. The number of methoxy groups -OCH3 is 1. The lowest BCUT2D eigenvalue weighted by molar-refractivity contribution is -0.132. The zero-order valence-electron chi connectivity index (χ0n) is 13.4. The molecule has 0 N–H and O–H groups in total. The number of carbonyl (C=O) groups excluding carboxylic acids is 1. The molecule has 3 rings (SSSR count). The van der Waals surface area contributed by atoms with Gasteiger partial charge in [0.1, 0.15) is 17.3 Å². The predicted octanol–water partition coefficient (Wildman–Crippen LogP) is 2.04. The molecule has 2 heterocycles. The molecule has 3 aliphatic rings. The standard InChI is InChI=1S/C16H22O4/c1-10(2)5-6-12-15(3,20-12)14-13(18-4)11(17)7-8-16(14)9-19-16/h5,7-8,12-14H,6,9H2,1-4H3/t12-,13-,14-,15+,16+/m1/s1/i7D. The first-order valence-corrected chi connectivity index (χ1v) is 7.05. The highest BCUT2D eigenvalue weighted by molar-refractivity contribution is 5.95. The van der Waals surface area contributed by atoms with Crippen LogP contribution < -0.4 is 0 Å². The van der Waals surface area contributed by atoms with Gasteiger partial charge in [-0.05, 0) is 39.3 Å². The molecule has 0 aromatic rings. The first kappa shape index (κ1) is 12.7. The van der Waals surface area contributed by atoms with Crippen molar-refractivity contribution in [1.29, 1.82) is 0 Å². The Labute approximate surface area is 121 Å². The fourth-order valence-corrected chi connectivity index (χ4v) is 3.32. The molecule has 0 radical (unpaired) electrons. The molecule has 0 saturated carbocycles. The van der Waals surface area contributed by atoms with Gasteiger partial charge < -0.3 is 14.2 Å². The van der Waals surface area contributed by atoms with Crippen molar-refractivity contribution in [3.63, 3.8) is 0 Å². The van der Waals surface area contributed by atoms with E-state index in [0.29, 0.717) is 6.61 Å². The minimum atomic E-state index is -0.660. The molecule has 0 amide bonds. The van der Waals surface area contributed by atoms with Crippen molar-refractivity contribution in [1.82, 2.24) is 0 Å². The molecule has 2 saturated heterocycles. The molecular formula is C16H22O4. The number of rotatable bonds is 4. The Kier molecular flexibility index (Phi) is 2.88. The van der Waals surface area contributed by atoms with Crippen LogP contribution in [0, 0.1) is 5.92 Å². The second-order valence-electron chi connectivity index (χ2n) is 6.34. The van der Waals surface area contributed by atoms with E-state index in [0.717, 1.165) is 6.42 Å². The van der Waals surface area contributed by atoms with Crippen LogP contribution in [0.5, 0.6) is 0 Å². The van der Waals surface area contributed by atoms with Gasteiger partial charge >= 0.3 is 0 Å². The molecule has 0 aromatic carbocycles. The molecule has 4 nitrogen and oxygen atoms in total. The van der Waals surface area contributed by atoms with Crippen molar-refractivity contribution in [2.75, 3.05) is 13.7 Å². The zero-order valence-corrected chi connectivity index (χ0v) is 12.4. The Balaban J connectivity index is 1.87. The molecule has 0 unspecified atom stereocenters. The highest BCUT2D eigenvalue weighted by Crippen LogP contribution is 2.57. The van der Waals surface area contributed by atoms with Gasteiger partial charge in [-0.15, -0.1) is 0 Å². The van der Waals surface area contributed by atoms with E-state index in [4.69, 9.17) is 15.6 Å². The molecule has 1 aliphatic carbocycles. The number of ether oxygens (including phenoxy) is 3. The summed E-state index contributed by atoms with van der Waals surface area (Å²) in [4.78, 5) is 12.2. The van der Waals surface area contributed by atoms with Crippen LogP contribution in [0.2, 0.25) is 0 Å². The second-order valence-corrected chi connectivity index (χ2v) is 6.34. The third-order valence-corrected chi connectivity index (χ3v) is 4.61. The van der Waals surface area contributed by atoms with Gasteiger partial charge in [0.05, 0.1) is 20.0 Å². The van der Waals surface area contributed by atoms with Crippen LogP contribution in [0.15, 0.2) is 23.8 Å². The van der Waals surface area contributed by atoms with Gasteiger partial charge in [-0.3, -0.25) is 4.79 Å². The van der Waals surface area contributed by atoms with Gasteiger partial charge in [0.2, 0.25) is 0 Å². The van der Waals surface area contributed by atoms with Crippen LogP contribution in [0.4, 0.5) is 0 Å². The second kappa shape index (κ2) is 4.52. The van der Waals surface area contributed by atoms with Gasteiger partial charge in [-0.1, -0.05) is 11.6 Å². The van der Waals surface area contributed by atoms with Crippen molar-refractivity contribution in [3.8, 4) is 0 Å². The Hall–Kier alpha value is -0.970. The van der Waals surface area contributed by atoms with Crippen LogP contribution in [0.3, 0.4) is 0 Å². The Morgan fingerprint density at radius 1 is 1.65 bits per heavy atom. The summed E-state index contributed by atoms with van der Waals surface area (Å²) in [7, 11) is 1.51.